The minimum Gasteiger partial charge on any atom is -0.496 e. The van der Waals surface area contributed by atoms with Crippen molar-refractivity contribution >= 4 is 12.4 Å². The van der Waals surface area contributed by atoms with Crippen LogP contribution in [0.1, 0.15) is 12.5 Å². The van der Waals surface area contributed by atoms with Crippen molar-refractivity contribution in [2.75, 3.05) is 21.3 Å². The number of carbonyl (C=O) groups is 1. The predicted molar refractivity (Wildman–Crippen MR) is 65.8 cm³/mol. The molecule has 0 radical (unpaired) electrons. The van der Waals surface area contributed by atoms with Crippen molar-refractivity contribution in [3.05, 3.63) is 23.3 Å². The molecule has 0 aliphatic heterocycles. The van der Waals surface area contributed by atoms with Crippen LogP contribution in [0.2, 0.25) is 0 Å². The highest BCUT2D eigenvalue weighted by atomic mass is 16.5. The molecule has 92 valence electrons. The predicted octanol–water partition coefficient (Wildman–Crippen LogP) is 2.31. The van der Waals surface area contributed by atoms with Gasteiger partial charge < -0.3 is 14.2 Å². The van der Waals surface area contributed by atoms with Crippen molar-refractivity contribution in [1.82, 2.24) is 0 Å². The molecule has 4 nitrogen and oxygen atoms in total. The number of ether oxygens (including phenoxy) is 3. The van der Waals surface area contributed by atoms with Gasteiger partial charge in [0.1, 0.15) is 12.0 Å². The van der Waals surface area contributed by atoms with Crippen molar-refractivity contribution in [3.8, 4) is 17.2 Å². The van der Waals surface area contributed by atoms with Crippen LogP contribution in [0, 0.1) is 0 Å². The molecule has 1 aromatic carbocycles. The van der Waals surface area contributed by atoms with Crippen molar-refractivity contribution in [1.29, 1.82) is 0 Å². The molecule has 0 aliphatic rings. The van der Waals surface area contributed by atoms with Crippen LogP contribution in [0.3, 0.4) is 0 Å². The molecule has 0 saturated carbocycles. The van der Waals surface area contributed by atoms with E-state index in [0.29, 0.717) is 22.8 Å². The molecule has 0 saturated heterocycles. The molecule has 0 amide bonds. The minimum absolute atomic E-state index is 0.588. The van der Waals surface area contributed by atoms with Gasteiger partial charge in [0.15, 0.2) is 11.5 Å². The standard InChI is InChI=1S/C13H16O4/c1-9(8-14)5-10-6-12(16-3)13(17-4)7-11(10)15-2/h5-8H,1-4H3. The van der Waals surface area contributed by atoms with E-state index in [1.807, 2.05) is 0 Å². The second-order valence-corrected chi connectivity index (χ2v) is 3.46. The van der Waals surface area contributed by atoms with Gasteiger partial charge >= 0.3 is 0 Å². The number of hydrogen-bond donors (Lipinski definition) is 0. The van der Waals surface area contributed by atoms with E-state index in [1.165, 1.54) is 0 Å². The molecule has 1 aromatic rings. The SMILES string of the molecule is COc1cc(OC)c(OC)cc1C=C(C)C=O. The molecule has 0 spiro atoms. The van der Waals surface area contributed by atoms with Crippen LogP contribution in [0.4, 0.5) is 0 Å². The number of methoxy groups -OCH3 is 3. The monoisotopic (exact) mass is 236 g/mol. The molecule has 0 aromatic heterocycles. The highest BCUT2D eigenvalue weighted by Crippen LogP contribution is 2.35. The summed E-state index contributed by atoms with van der Waals surface area (Å²) >= 11 is 0. The summed E-state index contributed by atoms with van der Waals surface area (Å²) in [7, 11) is 4.68. The topological polar surface area (TPSA) is 44.8 Å². The minimum atomic E-state index is 0.588. The third kappa shape index (κ3) is 3.00. The lowest BCUT2D eigenvalue weighted by molar-refractivity contribution is -0.104. The molecule has 0 heterocycles. The van der Waals surface area contributed by atoms with Gasteiger partial charge in [0.2, 0.25) is 0 Å². The van der Waals surface area contributed by atoms with Gasteiger partial charge in [-0.15, -0.1) is 0 Å². The van der Waals surface area contributed by atoms with E-state index in [9.17, 15) is 4.79 Å². The first-order valence-electron chi connectivity index (χ1n) is 5.09. The molecule has 1 rings (SSSR count). The summed E-state index contributed by atoms with van der Waals surface area (Å²) in [4.78, 5) is 10.6. The summed E-state index contributed by atoms with van der Waals surface area (Å²) in [6.07, 6.45) is 2.52. The summed E-state index contributed by atoms with van der Waals surface area (Å²) in [6, 6.07) is 3.49. The zero-order chi connectivity index (χ0) is 12.8. The quantitative estimate of drug-likeness (QED) is 0.581. The first-order chi connectivity index (χ1) is 8.15. The van der Waals surface area contributed by atoms with Crippen molar-refractivity contribution < 1.29 is 19.0 Å². The van der Waals surface area contributed by atoms with Crippen LogP contribution in [0.15, 0.2) is 17.7 Å². The first-order valence-corrected chi connectivity index (χ1v) is 5.09. The number of benzene rings is 1. The molecule has 17 heavy (non-hydrogen) atoms. The smallest absolute Gasteiger partial charge is 0.164 e. The van der Waals surface area contributed by atoms with Crippen LogP contribution in [0.5, 0.6) is 17.2 Å². The maximum atomic E-state index is 10.6. The van der Waals surface area contributed by atoms with E-state index >= 15 is 0 Å². The summed E-state index contributed by atoms with van der Waals surface area (Å²) in [5, 5.41) is 0. The zero-order valence-electron chi connectivity index (χ0n) is 10.4. The normalized spacial score (nSPS) is 10.9. The molecule has 0 aliphatic carbocycles. The van der Waals surface area contributed by atoms with Crippen LogP contribution in [-0.2, 0) is 4.79 Å². The van der Waals surface area contributed by atoms with Gasteiger partial charge in [0.25, 0.3) is 0 Å². The van der Waals surface area contributed by atoms with Gasteiger partial charge in [-0.2, -0.15) is 0 Å². The lowest BCUT2D eigenvalue weighted by Crippen LogP contribution is -1.95. The van der Waals surface area contributed by atoms with Gasteiger partial charge in [0, 0.05) is 11.6 Å². The number of aldehydes is 1. The number of hydrogen-bond acceptors (Lipinski definition) is 4. The van der Waals surface area contributed by atoms with Gasteiger partial charge in [-0.3, -0.25) is 4.79 Å². The van der Waals surface area contributed by atoms with E-state index in [0.717, 1.165) is 11.8 Å². The average molecular weight is 236 g/mol. The number of rotatable bonds is 5. The average Bonchev–Trinajstić information content (AvgIpc) is 2.37. The Balaban J connectivity index is 3.33. The van der Waals surface area contributed by atoms with Crippen LogP contribution in [0.25, 0.3) is 6.08 Å². The van der Waals surface area contributed by atoms with Crippen LogP contribution < -0.4 is 14.2 Å². The van der Waals surface area contributed by atoms with E-state index in [4.69, 9.17) is 14.2 Å². The largest absolute Gasteiger partial charge is 0.496 e. The molecule has 0 bridgehead atoms. The molecule has 4 heteroatoms. The third-order valence-corrected chi connectivity index (χ3v) is 2.30. The van der Waals surface area contributed by atoms with Crippen molar-refractivity contribution in [3.63, 3.8) is 0 Å². The Morgan fingerprint density at radius 1 is 1.00 bits per heavy atom. The highest BCUT2D eigenvalue weighted by Gasteiger charge is 2.10. The Labute approximate surface area is 101 Å². The van der Waals surface area contributed by atoms with E-state index in [2.05, 4.69) is 0 Å². The van der Waals surface area contributed by atoms with Crippen LogP contribution in [-0.4, -0.2) is 27.6 Å². The molecular weight excluding hydrogens is 220 g/mol. The van der Waals surface area contributed by atoms with Gasteiger partial charge in [-0.1, -0.05) is 0 Å². The molecule has 0 fully saturated rings. The van der Waals surface area contributed by atoms with Gasteiger partial charge in [-0.05, 0) is 24.6 Å². The summed E-state index contributed by atoms with van der Waals surface area (Å²) in [6.45, 7) is 1.73. The Bertz CT molecular complexity index is 435. The first kappa shape index (κ1) is 13.1. The maximum Gasteiger partial charge on any atom is 0.164 e. The third-order valence-electron chi connectivity index (χ3n) is 2.30. The summed E-state index contributed by atoms with van der Waals surface area (Å²) in [5.41, 5.74) is 1.38. The maximum absolute atomic E-state index is 10.6. The lowest BCUT2D eigenvalue weighted by atomic mass is 10.1. The summed E-state index contributed by atoms with van der Waals surface area (Å²) < 4.78 is 15.6. The fraction of sp³-hybridized carbons (Fsp3) is 0.308. The molecule has 0 atom stereocenters. The second kappa shape index (κ2) is 5.94. The van der Waals surface area contributed by atoms with E-state index < -0.39 is 0 Å². The van der Waals surface area contributed by atoms with Gasteiger partial charge in [-0.25, -0.2) is 0 Å². The van der Waals surface area contributed by atoms with E-state index in [-0.39, 0.29) is 0 Å². The Morgan fingerprint density at radius 2 is 1.53 bits per heavy atom. The lowest BCUT2D eigenvalue weighted by Gasteiger charge is -2.12. The number of allylic oxidation sites excluding steroid dienone is 1. The Morgan fingerprint density at radius 3 is 2.00 bits per heavy atom. The van der Waals surface area contributed by atoms with Gasteiger partial charge in [0.05, 0.1) is 21.3 Å². The number of carbonyl (C=O) groups excluding carboxylic acids is 1. The Hall–Kier alpha value is -1.97. The molecular formula is C13H16O4. The highest BCUT2D eigenvalue weighted by molar-refractivity contribution is 5.82. The molecule has 0 N–H and O–H groups in total. The fourth-order valence-electron chi connectivity index (χ4n) is 1.44. The zero-order valence-corrected chi connectivity index (χ0v) is 10.4. The fourth-order valence-corrected chi connectivity index (χ4v) is 1.44. The Kier molecular flexibility index (Phi) is 4.57. The molecule has 0 unspecified atom stereocenters. The summed E-state index contributed by atoms with van der Waals surface area (Å²) in [5.74, 6) is 1.81. The van der Waals surface area contributed by atoms with Crippen LogP contribution >= 0.6 is 0 Å². The second-order valence-electron chi connectivity index (χ2n) is 3.46. The van der Waals surface area contributed by atoms with E-state index in [1.54, 1.807) is 46.5 Å². The van der Waals surface area contributed by atoms with Crippen molar-refractivity contribution in [2.24, 2.45) is 0 Å². The van der Waals surface area contributed by atoms with Crippen molar-refractivity contribution in [2.45, 2.75) is 6.92 Å².